The highest BCUT2D eigenvalue weighted by Crippen LogP contribution is 1.97. The molecule has 0 bridgehead atoms. The summed E-state index contributed by atoms with van der Waals surface area (Å²) in [7, 11) is 0. The molecule has 0 radical (unpaired) electrons. The smallest absolute Gasteiger partial charge is 0.0142 e. The van der Waals surface area contributed by atoms with Crippen LogP contribution in [0.25, 0.3) is 0 Å². The van der Waals surface area contributed by atoms with Crippen LogP contribution in [0.5, 0.6) is 0 Å². The van der Waals surface area contributed by atoms with Gasteiger partial charge in [0.15, 0.2) is 0 Å². The number of allylic oxidation sites excluding steroid dienone is 2. The maximum Gasteiger partial charge on any atom is -0.0142 e. The molecule has 0 rings (SSSR count). The Bertz CT molecular complexity index is 82.6. The molecule has 0 heterocycles. The minimum atomic E-state index is 1.11. The molecule has 0 fully saturated rings. The number of rotatable bonds is 2. The Morgan fingerprint density at radius 3 is 2.00 bits per heavy atom. The van der Waals surface area contributed by atoms with Crippen molar-refractivity contribution < 1.29 is 0 Å². The lowest BCUT2D eigenvalue weighted by molar-refractivity contribution is 1.50. The molecule has 0 aromatic carbocycles. The van der Waals surface area contributed by atoms with Crippen molar-refractivity contribution in [2.24, 2.45) is 0 Å². The van der Waals surface area contributed by atoms with Crippen LogP contribution in [0, 0.1) is 0 Å². The lowest BCUT2D eigenvalue weighted by Crippen LogP contribution is -1.55. The van der Waals surface area contributed by atoms with E-state index in [1.54, 1.807) is 11.8 Å². The average molecular weight is 144 g/mol. The first-order valence-electron chi connectivity index (χ1n) is 3.12. The second kappa shape index (κ2) is 10.7. The van der Waals surface area contributed by atoms with Crippen LogP contribution in [-0.2, 0) is 0 Å². The van der Waals surface area contributed by atoms with Gasteiger partial charge in [-0.25, -0.2) is 0 Å². The zero-order valence-electron chi connectivity index (χ0n) is 6.77. The largest absolute Gasteiger partial charge is 0.138 e. The Morgan fingerprint density at radius 1 is 1.44 bits per heavy atom. The normalized spacial score (nSPS) is 8.44. The molecule has 1 heteroatoms. The minimum absolute atomic E-state index is 1.11. The molecule has 0 unspecified atom stereocenters. The third-order valence-electron chi connectivity index (χ3n) is 0.489. The monoisotopic (exact) mass is 144 g/mol. The fourth-order valence-corrected chi connectivity index (χ4v) is 0.553. The highest BCUT2D eigenvalue weighted by Gasteiger charge is 1.68. The first-order valence-corrected chi connectivity index (χ1v) is 4.41. The Kier molecular flexibility index (Phi) is 13.9. The molecule has 0 atom stereocenters. The lowest BCUT2D eigenvalue weighted by Gasteiger charge is -1.79. The summed E-state index contributed by atoms with van der Waals surface area (Å²) in [6.07, 6.45) is 4.02. The van der Waals surface area contributed by atoms with Gasteiger partial charge in [-0.15, -0.1) is 11.8 Å². The van der Waals surface area contributed by atoms with E-state index in [1.807, 2.05) is 38.5 Å². The van der Waals surface area contributed by atoms with E-state index in [0.29, 0.717) is 0 Å². The molecule has 0 amide bonds. The van der Waals surface area contributed by atoms with Crippen LogP contribution >= 0.6 is 11.8 Å². The Morgan fingerprint density at radius 2 is 1.89 bits per heavy atom. The highest BCUT2D eigenvalue weighted by molar-refractivity contribution is 8.01. The van der Waals surface area contributed by atoms with Crippen LogP contribution in [0.4, 0.5) is 0 Å². The van der Waals surface area contributed by atoms with Crippen molar-refractivity contribution in [3.8, 4) is 0 Å². The van der Waals surface area contributed by atoms with Gasteiger partial charge in [0.2, 0.25) is 0 Å². The van der Waals surface area contributed by atoms with Gasteiger partial charge in [-0.2, -0.15) is 0 Å². The summed E-state index contributed by atoms with van der Waals surface area (Å²) < 4.78 is 0. The van der Waals surface area contributed by atoms with Crippen LogP contribution in [0.2, 0.25) is 0 Å². The van der Waals surface area contributed by atoms with Crippen LogP contribution in [0.15, 0.2) is 23.6 Å². The van der Waals surface area contributed by atoms with Gasteiger partial charge in [0.25, 0.3) is 0 Å². The third kappa shape index (κ3) is 18.1. The summed E-state index contributed by atoms with van der Waals surface area (Å²) in [6.45, 7) is 9.67. The second-order valence-corrected chi connectivity index (χ2v) is 2.13. The van der Waals surface area contributed by atoms with Gasteiger partial charge >= 0.3 is 0 Å². The fourth-order valence-electron chi connectivity index (χ4n) is 0.184. The molecule has 0 N–H and O–H groups in total. The average Bonchev–Trinajstić information content (AvgIpc) is 1.88. The fraction of sp³-hybridized carbons (Fsp3) is 0.500. The molecule has 0 aliphatic rings. The van der Waals surface area contributed by atoms with Gasteiger partial charge in [-0.05, 0) is 18.6 Å². The zero-order valence-corrected chi connectivity index (χ0v) is 7.59. The Labute approximate surface area is 63.0 Å². The van der Waals surface area contributed by atoms with E-state index >= 15 is 0 Å². The molecule has 9 heavy (non-hydrogen) atoms. The molecular formula is C8H16S. The van der Waals surface area contributed by atoms with Gasteiger partial charge in [-0.3, -0.25) is 0 Å². The van der Waals surface area contributed by atoms with Gasteiger partial charge in [0.1, 0.15) is 0 Å². The third-order valence-corrected chi connectivity index (χ3v) is 0.897. The molecule has 54 valence electrons. The van der Waals surface area contributed by atoms with Crippen molar-refractivity contribution in [3.63, 3.8) is 0 Å². The Balaban J connectivity index is 0. The van der Waals surface area contributed by atoms with Gasteiger partial charge in [0, 0.05) is 0 Å². The molecule has 0 aromatic rings. The van der Waals surface area contributed by atoms with E-state index in [0.717, 1.165) is 5.57 Å². The number of hydrogen-bond acceptors (Lipinski definition) is 1. The van der Waals surface area contributed by atoms with Crippen molar-refractivity contribution in [2.75, 3.05) is 6.26 Å². The van der Waals surface area contributed by atoms with Crippen molar-refractivity contribution in [1.82, 2.24) is 0 Å². The van der Waals surface area contributed by atoms with E-state index in [-0.39, 0.29) is 0 Å². The predicted octanol–water partition coefficient (Wildman–Crippen LogP) is 3.47. The summed E-state index contributed by atoms with van der Waals surface area (Å²) in [5.74, 6) is 0. The summed E-state index contributed by atoms with van der Waals surface area (Å²) in [5.41, 5.74) is 1.11. The second-order valence-electron chi connectivity index (χ2n) is 1.38. The summed E-state index contributed by atoms with van der Waals surface area (Å²) in [4.78, 5) is 0. The van der Waals surface area contributed by atoms with E-state index in [1.165, 1.54) is 0 Å². The molecule has 0 aromatic heterocycles. The van der Waals surface area contributed by atoms with Crippen LogP contribution in [0.3, 0.4) is 0 Å². The predicted molar refractivity (Wildman–Crippen MR) is 48.8 cm³/mol. The SMILES string of the molecule is C=C(C)/C=C\SC.CC. The highest BCUT2D eigenvalue weighted by atomic mass is 32.2. The van der Waals surface area contributed by atoms with Crippen molar-refractivity contribution in [1.29, 1.82) is 0 Å². The molecule has 0 saturated carbocycles. The van der Waals surface area contributed by atoms with E-state index in [4.69, 9.17) is 0 Å². The van der Waals surface area contributed by atoms with Crippen molar-refractivity contribution >= 4 is 11.8 Å². The van der Waals surface area contributed by atoms with Crippen LogP contribution in [-0.4, -0.2) is 6.26 Å². The maximum atomic E-state index is 3.69. The van der Waals surface area contributed by atoms with Crippen molar-refractivity contribution in [2.45, 2.75) is 20.8 Å². The first-order chi connectivity index (χ1) is 4.27. The van der Waals surface area contributed by atoms with Crippen LogP contribution in [0.1, 0.15) is 20.8 Å². The quantitative estimate of drug-likeness (QED) is 0.535. The molecule has 0 nitrogen and oxygen atoms in total. The molecule has 0 aliphatic carbocycles. The first kappa shape index (κ1) is 11.6. The maximum absolute atomic E-state index is 3.69. The van der Waals surface area contributed by atoms with Crippen molar-refractivity contribution in [3.05, 3.63) is 23.6 Å². The zero-order chi connectivity index (χ0) is 7.70. The van der Waals surface area contributed by atoms with Gasteiger partial charge < -0.3 is 0 Å². The van der Waals surface area contributed by atoms with Gasteiger partial charge in [-0.1, -0.05) is 32.1 Å². The molecule has 0 spiro atoms. The summed E-state index contributed by atoms with van der Waals surface area (Å²) in [6, 6.07) is 0. The standard InChI is InChI=1S/C6H10S.C2H6/c1-6(2)4-5-7-3;1-2/h4-5H,1H2,2-3H3;1-2H3/b5-4-;. The van der Waals surface area contributed by atoms with E-state index in [2.05, 4.69) is 6.58 Å². The van der Waals surface area contributed by atoms with Gasteiger partial charge in [0.05, 0.1) is 0 Å². The molecular weight excluding hydrogens is 128 g/mol. The number of thioether (sulfide) groups is 1. The number of hydrogen-bond donors (Lipinski definition) is 0. The summed E-state index contributed by atoms with van der Waals surface area (Å²) >= 11 is 1.69. The van der Waals surface area contributed by atoms with E-state index in [9.17, 15) is 0 Å². The minimum Gasteiger partial charge on any atom is -0.138 e. The summed E-state index contributed by atoms with van der Waals surface area (Å²) in [5, 5.41) is 2.02. The van der Waals surface area contributed by atoms with Crippen LogP contribution < -0.4 is 0 Å². The lowest BCUT2D eigenvalue weighted by atomic mass is 10.4. The Hall–Kier alpha value is -0.170. The molecule has 0 saturated heterocycles. The molecule has 0 aliphatic heterocycles. The van der Waals surface area contributed by atoms with E-state index < -0.39 is 0 Å². The topological polar surface area (TPSA) is 0 Å².